The van der Waals surface area contributed by atoms with Gasteiger partial charge in [-0.3, -0.25) is 0 Å². The number of likely N-dealkylation sites (N-methyl/N-ethyl adjacent to an activating group) is 1. The van der Waals surface area contributed by atoms with Gasteiger partial charge in [-0.2, -0.15) is 0 Å². The van der Waals surface area contributed by atoms with Crippen LogP contribution < -0.4 is 5.32 Å². The van der Waals surface area contributed by atoms with E-state index < -0.39 is 0 Å². The van der Waals surface area contributed by atoms with Crippen molar-refractivity contribution in [2.45, 2.75) is 20.8 Å². The fraction of sp³-hybridized carbons (Fsp3) is 0.500. The van der Waals surface area contributed by atoms with Crippen LogP contribution in [-0.4, -0.2) is 25.9 Å². The third kappa shape index (κ3) is 7.53. The maximum absolute atomic E-state index is 7.88. The molecule has 1 atom stereocenters. The predicted molar refractivity (Wildman–Crippen MR) is 74.5 cm³/mol. The Bertz CT molecular complexity index is 303. The molecule has 0 fully saturated rings. The molecule has 0 saturated carbocycles. The van der Waals surface area contributed by atoms with Gasteiger partial charge in [0.15, 0.2) is 0 Å². The highest BCUT2D eigenvalue weighted by molar-refractivity contribution is 5.86. The first kappa shape index (κ1) is 15.7. The van der Waals surface area contributed by atoms with Crippen molar-refractivity contribution in [2.24, 2.45) is 5.92 Å². The van der Waals surface area contributed by atoms with E-state index in [0.29, 0.717) is 18.9 Å². The maximum atomic E-state index is 7.88. The van der Waals surface area contributed by atoms with Crippen molar-refractivity contribution in [2.75, 3.05) is 20.2 Å². The molecule has 0 radical (unpaired) electrons. The predicted octanol–water partition coefficient (Wildman–Crippen LogP) is 2.91. The van der Waals surface area contributed by atoms with Gasteiger partial charge < -0.3 is 15.5 Å². The van der Waals surface area contributed by atoms with Gasteiger partial charge in [-0.05, 0) is 27.0 Å². The van der Waals surface area contributed by atoms with E-state index in [1.807, 2.05) is 58.2 Å². The standard InChI is InChI=1S/C14H24N2O/c1-5-7-8-9-12(3)14(15)11-17-13(6-2)10-16-4/h5-9,12,15-16H,10-11H2,1-4H3/b7-5-,9-8-,13-6+,15-14?. The molecule has 96 valence electrons. The fourth-order valence-electron chi connectivity index (χ4n) is 1.17. The van der Waals surface area contributed by atoms with Gasteiger partial charge in [-0.15, -0.1) is 0 Å². The third-order valence-electron chi connectivity index (χ3n) is 2.34. The van der Waals surface area contributed by atoms with Crippen molar-refractivity contribution < 1.29 is 4.74 Å². The molecule has 0 aliphatic rings. The summed E-state index contributed by atoms with van der Waals surface area (Å²) in [5.41, 5.74) is 0.584. The molecule has 0 aliphatic carbocycles. The second-order valence-electron chi connectivity index (χ2n) is 3.80. The van der Waals surface area contributed by atoms with Crippen LogP contribution in [-0.2, 0) is 4.74 Å². The molecule has 0 bridgehead atoms. The lowest BCUT2D eigenvalue weighted by Gasteiger charge is -2.12. The van der Waals surface area contributed by atoms with Crippen LogP contribution in [0.2, 0.25) is 0 Å². The average molecular weight is 236 g/mol. The average Bonchev–Trinajstić information content (AvgIpc) is 2.34. The van der Waals surface area contributed by atoms with Crippen LogP contribution in [0.5, 0.6) is 0 Å². The lowest BCUT2D eigenvalue weighted by Crippen LogP contribution is -2.18. The van der Waals surface area contributed by atoms with Crippen molar-refractivity contribution >= 4 is 5.71 Å². The molecule has 0 amide bonds. The van der Waals surface area contributed by atoms with Crippen LogP contribution in [0.3, 0.4) is 0 Å². The molecule has 0 saturated heterocycles. The highest BCUT2D eigenvalue weighted by atomic mass is 16.5. The molecule has 3 nitrogen and oxygen atoms in total. The minimum atomic E-state index is 0.110. The molecule has 0 rings (SSSR count). The lowest BCUT2D eigenvalue weighted by molar-refractivity contribution is 0.247. The van der Waals surface area contributed by atoms with Gasteiger partial charge in [0.1, 0.15) is 12.4 Å². The van der Waals surface area contributed by atoms with E-state index >= 15 is 0 Å². The molecular weight excluding hydrogens is 212 g/mol. The molecule has 0 heterocycles. The summed E-state index contributed by atoms with van der Waals surface area (Å²) in [4.78, 5) is 0. The van der Waals surface area contributed by atoms with Crippen molar-refractivity contribution in [3.05, 3.63) is 36.1 Å². The number of ether oxygens (including phenoxy) is 1. The molecule has 0 spiro atoms. The number of hydrogen-bond donors (Lipinski definition) is 2. The summed E-state index contributed by atoms with van der Waals surface area (Å²) in [6.07, 6.45) is 9.81. The topological polar surface area (TPSA) is 45.1 Å². The zero-order chi connectivity index (χ0) is 13.1. The molecule has 2 N–H and O–H groups in total. The SMILES string of the molecule is C/C=C\C=C/C(C)C(=N)CO/C(=C/C)CNC. The van der Waals surface area contributed by atoms with Gasteiger partial charge in [0.2, 0.25) is 0 Å². The number of rotatable bonds is 8. The van der Waals surface area contributed by atoms with Crippen LogP contribution >= 0.6 is 0 Å². The van der Waals surface area contributed by atoms with Gasteiger partial charge >= 0.3 is 0 Å². The summed E-state index contributed by atoms with van der Waals surface area (Å²) in [6, 6.07) is 0. The van der Waals surface area contributed by atoms with E-state index in [1.54, 1.807) is 0 Å². The van der Waals surface area contributed by atoms with Crippen LogP contribution in [0.15, 0.2) is 36.1 Å². The summed E-state index contributed by atoms with van der Waals surface area (Å²) in [5, 5.41) is 10.9. The van der Waals surface area contributed by atoms with Gasteiger partial charge in [0, 0.05) is 5.92 Å². The summed E-state index contributed by atoms with van der Waals surface area (Å²) in [6.45, 7) is 6.96. The Kier molecular flexibility index (Phi) is 9.06. The van der Waals surface area contributed by atoms with Crippen LogP contribution in [0.1, 0.15) is 20.8 Å². The zero-order valence-electron chi connectivity index (χ0n) is 11.3. The Morgan fingerprint density at radius 2 is 2.06 bits per heavy atom. The van der Waals surface area contributed by atoms with Crippen molar-refractivity contribution in [1.82, 2.24) is 5.32 Å². The molecular formula is C14H24N2O. The van der Waals surface area contributed by atoms with Gasteiger partial charge in [-0.1, -0.05) is 31.2 Å². The Balaban J connectivity index is 4.08. The molecule has 0 aromatic heterocycles. The molecule has 0 aromatic rings. The van der Waals surface area contributed by atoms with Gasteiger partial charge in [0.05, 0.1) is 12.3 Å². The molecule has 1 unspecified atom stereocenters. The van der Waals surface area contributed by atoms with Crippen molar-refractivity contribution in [3.8, 4) is 0 Å². The van der Waals surface area contributed by atoms with E-state index in [0.717, 1.165) is 5.76 Å². The molecule has 0 aliphatic heterocycles. The third-order valence-corrected chi connectivity index (χ3v) is 2.34. The summed E-state index contributed by atoms with van der Waals surface area (Å²) in [5.74, 6) is 0.987. The number of allylic oxidation sites excluding steroid dienone is 5. The number of hydrogen-bond acceptors (Lipinski definition) is 3. The Hall–Kier alpha value is -1.35. The van der Waals surface area contributed by atoms with Gasteiger partial charge in [0.25, 0.3) is 0 Å². The second kappa shape index (κ2) is 9.85. The first-order valence-electron chi connectivity index (χ1n) is 5.95. The van der Waals surface area contributed by atoms with E-state index in [1.165, 1.54) is 0 Å². The highest BCUT2D eigenvalue weighted by Gasteiger charge is 2.06. The fourth-order valence-corrected chi connectivity index (χ4v) is 1.17. The summed E-state index contributed by atoms with van der Waals surface area (Å²) >= 11 is 0. The van der Waals surface area contributed by atoms with Crippen LogP contribution in [0, 0.1) is 11.3 Å². The maximum Gasteiger partial charge on any atom is 0.126 e. The lowest BCUT2D eigenvalue weighted by atomic mass is 10.1. The Morgan fingerprint density at radius 1 is 1.35 bits per heavy atom. The Morgan fingerprint density at radius 3 is 2.59 bits per heavy atom. The zero-order valence-corrected chi connectivity index (χ0v) is 11.3. The second-order valence-corrected chi connectivity index (χ2v) is 3.80. The molecule has 17 heavy (non-hydrogen) atoms. The normalized spacial score (nSPS) is 14.5. The van der Waals surface area contributed by atoms with Crippen LogP contribution in [0.4, 0.5) is 0 Å². The first-order chi connectivity index (χ1) is 8.15. The number of nitrogens with one attached hydrogen (secondary N) is 2. The van der Waals surface area contributed by atoms with Crippen LogP contribution in [0.25, 0.3) is 0 Å². The molecule has 0 aromatic carbocycles. The van der Waals surface area contributed by atoms with E-state index in [9.17, 15) is 0 Å². The van der Waals surface area contributed by atoms with E-state index in [-0.39, 0.29) is 5.92 Å². The largest absolute Gasteiger partial charge is 0.491 e. The quantitative estimate of drug-likeness (QED) is 0.387. The van der Waals surface area contributed by atoms with Gasteiger partial charge in [-0.25, -0.2) is 0 Å². The van der Waals surface area contributed by atoms with Crippen molar-refractivity contribution in [1.29, 1.82) is 5.41 Å². The molecule has 3 heteroatoms. The van der Waals surface area contributed by atoms with E-state index in [2.05, 4.69) is 5.32 Å². The minimum absolute atomic E-state index is 0.110. The monoisotopic (exact) mass is 236 g/mol. The highest BCUT2D eigenvalue weighted by Crippen LogP contribution is 2.03. The van der Waals surface area contributed by atoms with Crippen molar-refractivity contribution in [3.63, 3.8) is 0 Å². The van der Waals surface area contributed by atoms with E-state index in [4.69, 9.17) is 10.1 Å². The summed E-state index contributed by atoms with van der Waals surface area (Å²) < 4.78 is 5.54. The summed E-state index contributed by atoms with van der Waals surface area (Å²) in [7, 11) is 1.88. The Labute approximate surface area is 105 Å². The first-order valence-corrected chi connectivity index (χ1v) is 5.95. The smallest absolute Gasteiger partial charge is 0.126 e. The minimum Gasteiger partial charge on any atom is -0.491 e.